The van der Waals surface area contributed by atoms with E-state index >= 15 is 0 Å². The van der Waals surface area contributed by atoms with Crippen LogP contribution >= 0.6 is 0 Å². The number of hydrogen-bond donors (Lipinski definition) is 1. The molecular weight excluding hydrogens is 408 g/mol. The first-order chi connectivity index (χ1) is 15.7. The lowest BCUT2D eigenvalue weighted by atomic mass is 10.2. The van der Waals surface area contributed by atoms with Gasteiger partial charge in [0.15, 0.2) is 5.76 Å². The van der Waals surface area contributed by atoms with Gasteiger partial charge in [0.1, 0.15) is 29.0 Å². The Balaban J connectivity index is 1.36. The SMILES string of the molecule is COC[C@H]1CCCN1CCOc1ccc2oc(-c3cc4cccn4cn3)cc(=NO)c2c1. The van der Waals surface area contributed by atoms with Gasteiger partial charge in [-0.1, -0.05) is 5.16 Å². The van der Waals surface area contributed by atoms with Crippen molar-refractivity contribution < 1.29 is 19.1 Å². The van der Waals surface area contributed by atoms with E-state index in [1.807, 2.05) is 47.0 Å². The lowest BCUT2D eigenvalue weighted by molar-refractivity contribution is 0.105. The van der Waals surface area contributed by atoms with Gasteiger partial charge in [-0.2, -0.15) is 0 Å². The normalized spacial score (nSPS) is 17.5. The molecule has 0 spiro atoms. The van der Waals surface area contributed by atoms with Crippen LogP contribution in [0.5, 0.6) is 5.75 Å². The molecule has 1 aliphatic heterocycles. The van der Waals surface area contributed by atoms with Crippen LogP contribution < -0.4 is 10.1 Å². The van der Waals surface area contributed by atoms with Crippen LogP contribution in [0.2, 0.25) is 0 Å². The zero-order valence-electron chi connectivity index (χ0n) is 18.0. The maximum atomic E-state index is 9.64. The van der Waals surface area contributed by atoms with Gasteiger partial charge in [-0.05, 0) is 55.8 Å². The highest BCUT2D eigenvalue weighted by molar-refractivity contribution is 5.80. The van der Waals surface area contributed by atoms with Crippen molar-refractivity contribution in [1.29, 1.82) is 0 Å². The largest absolute Gasteiger partial charge is 0.492 e. The van der Waals surface area contributed by atoms with Crippen molar-refractivity contribution in [3.8, 4) is 17.2 Å². The predicted octanol–water partition coefficient (Wildman–Crippen LogP) is 3.53. The van der Waals surface area contributed by atoms with Gasteiger partial charge in [-0.25, -0.2) is 4.98 Å². The van der Waals surface area contributed by atoms with Crippen molar-refractivity contribution in [2.45, 2.75) is 18.9 Å². The zero-order valence-corrected chi connectivity index (χ0v) is 18.0. The van der Waals surface area contributed by atoms with Crippen LogP contribution in [0.15, 0.2) is 64.6 Å². The fraction of sp³-hybridized carbons (Fsp3) is 0.333. The Morgan fingerprint density at radius 1 is 1.25 bits per heavy atom. The summed E-state index contributed by atoms with van der Waals surface area (Å²) in [4.78, 5) is 6.87. The number of methoxy groups -OCH3 is 1. The molecule has 0 saturated carbocycles. The Bertz CT molecular complexity index is 1300. The van der Waals surface area contributed by atoms with Crippen molar-refractivity contribution in [2.24, 2.45) is 5.16 Å². The fourth-order valence-corrected chi connectivity index (χ4v) is 4.37. The molecule has 8 nitrogen and oxygen atoms in total. The van der Waals surface area contributed by atoms with Crippen LogP contribution in [0.4, 0.5) is 0 Å². The van der Waals surface area contributed by atoms with Crippen LogP contribution in [0.3, 0.4) is 0 Å². The third kappa shape index (κ3) is 4.06. The molecule has 4 heterocycles. The number of likely N-dealkylation sites (tertiary alicyclic amines) is 1. The second-order valence-corrected chi connectivity index (χ2v) is 8.00. The quantitative estimate of drug-likeness (QED) is 0.354. The van der Waals surface area contributed by atoms with Gasteiger partial charge in [0.05, 0.1) is 18.3 Å². The summed E-state index contributed by atoms with van der Waals surface area (Å²) in [6, 6.07) is 13.6. The Labute approximate surface area is 185 Å². The number of ether oxygens (including phenoxy) is 2. The minimum atomic E-state index is 0.406. The summed E-state index contributed by atoms with van der Waals surface area (Å²) < 4.78 is 19.3. The number of aromatic nitrogens is 2. The molecule has 166 valence electrons. The molecule has 1 saturated heterocycles. The van der Waals surface area contributed by atoms with Gasteiger partial charge in [0.2, 0.25) is 0 Å². The lowest BCUT2D eigenvalue weighted by Gasteiger charge is -2.23. The first kappa shape index (κ1) is 20.5. The second kappa shape index (κ2) is 9.02. The zero-order chi connectivity index (χ0) is 21.9. The number of rotatable bonds is 7. The maximum Gasteiger partial charge on any atom is 0.155 e. The van der Waals surface area contributed by atoms with E-state index in [1.165, 1.54) is 12.8 Å². The minimum Gasteiger partial charge on any atom is -0.492 e. The van der Waals surface area contributed by atoms with Crippen molar-refractivity contribution in [3.63, 3.8) is 0 Å². The van der Waals surface area contributed by atoms with E-state index in [0.717, 1.165) is 25.2 Å². The summed E-state index contributed by atoms with van der Waals surface area (Å²) >= 11 is 0. The maximum absolute atomic E-state index is 9.64. The van der Waals surface area contributed by atoms with Crippen LogP contribution in [0.1, 0.15) is 12.8 Å². The summed E-state index contributed by atoms with van der Waals surface area (Å²) in [5, 5.41) is 14.2. The van der Waals surface area contributed by atoms with E-state index < -0.39 is 0 Å². The summed E-state index contributed by atoms with van der Waals surface area (Å²) in [6.45, 7) is 3.26. The smallest absolute Gasteiger partial charge is 0.155 e. The molecule has 4 aromatic rings. The van der Waals surface area contributed by atoms with Gasteiger partial charge in [-0.15, -0.1) is 0 Å². The molecule has 1 atom stereocenters. The fourth-order valence-electron chi connectivity index (χ4n) is 4.37. The van der Waals surface area contributed by atoms with Crippen LogP contribution in [0.25, 0.3) is 27.9 Å². The highest BCUT2D eigenvalue weighted by atomic mass is 16.5. The molecule has 0 unspecified atom stereocenters. The average Bonchev–Trinajstić information content (AvgIpc) is 3.47. The molecule has 8 heteroatoms. The summed E-state index contributed by atoms with van der Waals surface area (Å²) in [5.74, 6) is 1.24. The second-order valence-electron chi connectivity index (χ2n) is 8.00. The molecule has 0 radical (unpaired) electrons. The summed E-state index contributed by atoms with van der Waals surface area (Å²) in [6.07, 6.45) is 6.03. The lowest BCUT2D eigenvalue weighted by Crippen LogP contribution is -2.35. The Kier molecular flexibility index (Phi) is 5.79. The highest BCUT2D eigenvalue weighted by Gasteiger charge is 2.23. The Morgan fingerprint density at radius 2 is 2.19 bits per heavy atom. The molecule has 0 amide bonds. The number of nitrogens with zero attached hydrogens (tertiary/aromatic N) is 4. The third-order valence-electron chi connectivity index (χ3n) is 6.00. The molecule has 5 rings (SSSR count). The molecule has 1 aliphatic rings. The number of hydrogen-bond acceptors (Lipinski definition) is 7. The van der Waals surface area contributed by atoms with Crippen LogP contribution in [-0.2, 0) is 4.74 Å². The predicted molar refractivity (Wildman–Crippen MR) is 120 cm³/mol. The van der Waals surface area contributed by atoms with E-state index in [-0.39, 0.29) is 0 Å². The van der Waals surface area contributed by atoms with Crippen molar-refractivity contribution in [2.75, 3.05) is 33.4 Å². The van der Waals surface area contributed by atoms with Crippen molar-refractivity contribution >= 4 is 16.5 Å². The first-order valence-corrected chi connectivity index (χ1v) is 10.8. The van der Waals surface area contributed by atoms with E-state index in [1.54, 1.807) is 19.5 Å². The van der Waals surface area contributed by atoms with E-state index in [0.29, 0.717) is 46.2 Å². The van der Waals surface area contributed by atoms with E-state index in [4.69, 9.17) is 13.9 Å². The molecule has 3 aromatic heterocycles. The molecule has 32 heavy (non-hydrogen) atoms. The Hall–Kier alpha value is -3.36. The minimum absolute atomic E-state index is 0.406. The monoisotopic (exact) mass is 434 g/mol. The van der Waals surface area contributed by atoms with Gasteiger partial charge in [-0.3, -0.25) is 4.90 Å². The number of benzene rings is 1. The standard InChI is InChI=1S/C24H26N4O4/c1-30-15-18-5-3-8-27(18)10-11-31-19-6-7-23-20(13-19)21(26-29)14-24(32-23)22-12-17-4-2-9-28(17)16-25-22/h2,4,6-7,9,12-14,16,18,29H,3,5,8,10-11,15H2,1H3/t18-/m1/s1. The van der Waals surface area contributed by atoms with Crippen molar-refractivity contribution in [3.05, 3.63) is 60.3 Å². The Morgan fingerprint density at radius 3 is 3.06 bits per heavy atom. The van der Waals surface area contributed by atoms with Gasteiger partial charge < -0.3 is 23.5 Å². The molecular formula is C24H26N4O4. The molecule has 0 aliphatic carbocycles. The third-order valence-corrected chi connectivity index (χ3v) is 6.00. The van der Waals surface area contributed by atoms with Crippen LogP contribution in [-0.4, -0.2) is 58.9 Å². The van der Waals surface area contributed by atoms with Crippen molar-refractivity contribution in [1.82, 2.24) is 14.3 Å². The highest BCUT2D eigenvalue weighted by Crippen LogP contribution is 2.25. The van der Waals surface area contributed by atoms with E-state index in [9.17, 15) is 5.21 Å². The molecule has 1 fully saturated rings. The van der Waals surface area contributed by atoms with Gasteiger partial charge in [0.25, 0.3) is 0 Å². The van der Waals surface area contributed by atoms with Crippen LogP contribution in [0, 0.1) is 0 Å². The van der Waals surface area contributed by atoms with E-state index in [2.05, 4.69) is 15.0 Å². The average molecular weight is 434 g/mol. The molecule has 1 aromatic carbocycles. The van der Waals surface area contributed by atoms with Gasteiger partial charge >= 0.3 is 0 Å². The topological polar surface area (TPSA) is 84.7 Å². The number of fused-ring (bicyclic) bond motifs is 2. The summed E-state index contributed by atoms with van der Waals surface area (Å²) in [7, 11) is 1.75. The molecule has 1 N–H and O–H groups in total. The first-order valence-electron chi connectivity index (χ1n) is 10.8. The van der Waals surface area contributed by atoms with Gasteiger partial charge in [0, 0.05) is 37.5 Å². The summed E-state index contributed by atoms with van der Waals surface area (Å²) in [5.41, 5.74) is 2.27. The molecule has 0 bridgehead atoms.